The summed E-state index contributed by atoms with van der Waals surface area (Å²) in [5, 5.41) is 0. The number of fused-ring (bicyclic) bond motifs is 2. The van der Waals surface area contributed by atoms with Crippen molar-refractivity contribution in [3.8, 4) is 0 Å². The molecule has 0 atom stereocenters. The van der Waals surface area contributed by atoms with Crippen LogP contribution in [0.25, 0.3) is 0 Å². The minimum atomic E-state index is -3.66. The SMILES string of the molecule is O=C(C1CC1)N1CCc2cc(Br)c(S(=O)(=O)N3CCc4ccccc4C3)cc21. The first-order valence-corrected chi connectivity index (χ1v) is 11.9. The first kappa shape index (κ1) is 18.3. The fourth-order valence-corrected chi connectivity index (χ4v) is 6.67. The molecule has 2 aliphatic heterocycles. The Labute approximate surface area is 173 Å². The molecule has 146 valence electrons. The lowest BCUT2D eigenvalue weighted by molar-refractivity contribution is -0.119. The van der Waals surface area contributed by atoms with Crippen LogP contribution in [0.15, 0.2) is 45.8 Å². The van der Waals surface area contributed by atoms with Crippen molar-refractivity contribution in [3.63, 3.8) is 0 Å². The van der Waals surface area contributed by atoms with Gasteiger partial charge >= 0.3 is 0 Å². The Balaban J connectivity index is 1.51. The minimum Gasteiger partial charge on any atom is -0.312 e. The molecule has 5 rings (SSSR count). The molecule has 1 saturated carbocycles. The highest BCUT2D eigenvalue weighted by atomic mass is 79.9. The van der Waals surface area contributed by atoms with E-state index in [1.807, 2.05) is 24.3 Å². The van der Waals surface area contributed by atoms with Crippen molar-refractivity contribution in [3.05, 3.63) is 57.6 Å². The average molecular weight is 461 g/mol. The lowest BCUT2D eigenvalue weighted by atomic mass is 10.0. The second-order valence-electron chi connectivity index (χ2n) is 7.78. The molecule has 0 N–H and O–H groups in total. The van der Waals surface area contributed by atoms with Crippen molar-refractivity contribution >= 4 is 37.5 Å². The summed E-state index contributed by atoms with van der Waals surface area (Å²) in [7, 11) is -3.66. The monoisotopic (exact) mass is 460 g/mol. The quantitative estimate of drug-likeness (QED) is 0.703. The maximum absolute atomic E-state index is 13.4. The zero-order chi connectivity index (χ0) is 19.5. The predicted octanol–water partition coefficient (Wildman–Crippen LogP) is 3.50. The predicted molar refractivity (Wildman–Crippen MR) is 111 cm³/mol. The van der Waals surface area contributed by atoms with Gasteiger partial charge in [0.2, 0.25) is 15.9 Å². The van der Waals surface area contributed by atoms with Crippen molar-refractivity contribution in [2.45, 2.75) is 37.1 Å². The Morgan fingerprint density at radius 2 is 1.71 bits per heavy atom. The van der Waals surface area contributed by atoms with E-state index in [1.165, 1.54) is 5.56 Å². The number of hydrogen-bond acceptors (Lipinski definition) is 3. The first-order chi connectivity index (χ1) is 13.4. The molecule has 0 bridgehead atoms. The molecule has 0 aromatic heterocycles. The summed E-state index contributed by atoms with van der Waals surface area (Å²) in [6, 6.07) is 11.6. The van der Waals surface area contributed by atoms with Crippen LogP contribution in [0, 0.1) is 5.92 Å². The van der Waals surface area contributed by atoms with E-state index in [1.54, 1.807) is 15.3 Å². The topological polar surface area (TPSA) is 57.7 Å². The molecule has 2 heterocycles. The number of sulfonamides is 1. The van der Waals surface area contributed by atoms with Gasteiger partial charge in [-0.2, -0.15) is 4.31 Å². The number of halogens is 1. The molecule has 28 heavy (non-hydrogen) atoms. The molecule has 7 heteroatoms. The summed E-state index contributed by atoms with van der Waals surface area (Å²) in [5.74, 6) is 0.254. The fourth-order valence-electron chi connectivity index (χ4n) is 4.18. The van der Waals surface area contributed by atoms with Crippen LogP contribution in [0.3, 0.4) is 0 Å². The number of hydrogen-bond donors (Lipinski definition) is 0. The van der Waals surface area contributed by atoms with Crippen LogP contribution in [0.1, 0.15) is 29.5 Å². The molecule has 0 unspecified atom stereocenters. The normalized spacial score (nSPS) is 19.4. The summed E-state index contributed by atoms with van der Waals surface area (Å²) in [6.07, 6.45) is 3.37. The Morgan fingerprint density at radius 1 is 1.00 bits per heavy atom. The molecule has 2 aromatic rings. The standard InChI is InChI=1S/C21H21BrN2O3S/c22-18-11-16-8-10-24(21(25)15-5-6-15)19(16)12-20(18)28(26,27)23-9-7-14-3-1-2-4-17(14)13-23/h1-4,11-12,15H,5-10,13H2. The van der Waals surface area contributed by atoms with Crippen LogP contribution < -0.4 is 4.90 Å². The van der Waals surface area contributed by atoms with Crippen molar-refractivity contribution in [1.82, 2.24) is 4.31 Å². The van der Waals surface area contributed by atoms with Gasteiger partial charge in [0.15, 0.2) is 0 Å². The lowest BCUT2D eigenvalue weighted by Gasteiger charge is -2.29. The summed E-state index contributed by atoms with van der Waals surface area (Å²) in [4.78, 5) is 14.6. The molecule has 5 nitrogen and oxygen atoms in total. The number of benzene rings is 2. The largest absolute Gasteiger partial charge is 0.312 e. The molecule has 0 saturated heterocycles. The molecular weight excluding hydrogens is 440 g/mol. The van der Waals surface area contributed by atoms with Crippen LogP contribution in [0.2, 0.25) is 0 Å². The Morgan fingerprint density at radius 3 is 2.46 bits per heavy atom. The maximum Gasteiger partial charge on any atom is 0.244 e. The highest BCUT2D eigenvalue weighted by molar-refractivity contribution is 9.10. The molecule has 0 spiro atoms. The second kappa shape index (κ2) is 6.68. The molecule has 0 radical (unpaired) electrons. The van der Waals surface area contributed by atoms with E-state index in [-0.39, 0.29) is 16.7 Å². The third kappa shape index (κ3) is 3.00. The number of anilines is 1. The van der Waals surface area contributed by atoms with Crippen LogP contribution in [-0.4, -0.2) is 31.7 Å². The van der Waals surface area contributed by atoms with Crippen molar-refractivity contribution in [1.29, 1.82) is 0 Å². The fraction of sp³-hybridized carbons (Fsp3) is 0.381. The molecule has 3 aliphatic rings. The third-order valence-corrected chi connectivity index (χ3v) is 8.74. The van der Waals surface area contributed by atoms with Gasteiger partial charge < -0.3 is 4.90 Å². The van der Waals surface area contributed by atoms with Crippen LogP contribution in [-0.2, 0) is 34.2 Å². The van der Waals surface area contributed by atoms with Gasteiger partial charge in [0.05, 0.1) is 4.90 Å². The van der Waals surface area contributed by atoms with E-state index in [0.29, 0.717) is 30.5 Å². The van der Waals surface area contributed by atoms with Gasteiger partial charge in [-0.1, -0.05) is 24.3 Å². The summed E-state index contributed by atoms with van der Waals surface area (Å²) >= 11 is 3.47. The zero-order valence-corrected chi connectivity index (χ0v) is 17.8. The van der Waals surface area contributed by atoms with E-state index >= 15 is 0 Å². The van der Waals surface area contributed by atoms with Gasteiger partial charge in [-0.15, -0.1) is 0 Å². The Bertz CT molecular complexity index is 1080. The molecule has 1 aliphatic carbocycles. The van der Waals surface area contributed by atoms with Gasteiger partial charge in [-0.25, -0.2) is 8.42 Å². The molecular formula is C21H21BrN2O3S. The van der Waals surface area contributed by atoms with Crippen LogP contribution >= 0.6 is 15.9 Å². The van der Waals surface area contributed by atoms with Gasteiger partial charge in [-0.3, -0.25) is 4.79 Å². The number of nitrogens with zero attached hydrogens (tertiary/aromatic N) is 2. The van der Waals surface area contributed by atoms with E-state index in [0.717, 1.165) is 36.1 Å². The first-order valence-electron chi connectivity index (χ1n) is 9.66. The van der Waals surface area contributed by atoms with Gasteiger partial charge in [0, 0.05) is 35.7 Å². The molecule has 1 fully saturated rings. The molecule has 2 aromatic carbocycles. The number of rotatable bonds is 3. The van der Waals surface area contributed by atoms with Gasteiger partial charge in [0.25, 0.3) is 0 Å². The van der Waals surface area contributed by atoms with Crippen molar-refractivity contribution in [2.24, 2.45) is 5.92 Å². The summed E-state index contributed by atoms with van der Waals surface area (Å²) < 4.78 is 29.0. The number of amides is 1. The van der Waals surface area contributed by atoms with Crippen molar-refractivity contribution < 1.29 is 13.2 Å². The van der Waals surface area contributed by atoms with E-state index < -0.39 is 10.0 Å². The lowest BCUT2D eigenvalue weighted by Crippen LogP contribution is -2.36. The average Bonchev–Trinajstić information content (AvgIpc) is 3.46. The molecule has 1 amide bonds. The number of carbonyl (C=O) groups is 1. The minimum absolute atomic E-state index is 0.119. The number of carbonyl (C=O) groups excluding carboxylic acids is 1. The Kier molecular flexibility index (Phi) is 4.37. The van der Waals surface area contributed by atoms with Crippen LogP contribution in [0.4, 0.5) is 5.69 Å². The highest BCUT2D eigenvalue weighted by Gasteiger charge is 2.38. The van der Waals surface area contributed by atoms with E-state index in [4.69, 9.17) is 0 Å². The van der Waals surface area contributed by atoms with Gasteiger partial charge in [0.1, 0.15) is 0 Å². The third-order valence-electron chi connectivity index (χ3n) is 5.93. The van der Waals surface area contributed by atoms with Crippen LogP contribution in [0.5, 0.6) is 0 Å². The van der Waals surface area contributed by atoms with Crippen molar-refractivity contribution in [2.75, 3.05) is 18.0 Å². The summed E-state index contributed by atoms with van der Waals surface area (Å²) in [6.45, 7) is 1.48. The highest BCUT2D eigenvalue weighted by Crippen LogP contribution is 2.40. The van der Waals surface area contributed by atoms with E-state index in [2.05, 4.69) is 22.0 Å². The maximum atomic E-state index is 13.4. The summed E-state index contributed by atoms with van der Waals surface area (Å²) in [5.41, 5.74) is 4.06. The zero-order valence-electron chi connectivity index (χ0n) is 15.4. The van der Waals surface area contributed by atoms with E-state index in [9.17, 15) is 13.2 Å². The smallest absolute Gasteiger partial charge is 0.244 e. The van der Waals surface area contributed by atoms with Gasteiger partial charge in [-0.05, 0) is 70.4 Å². The second-order valence-corrected chi connectivity index (χ2v) is 10.5. The Hall–Kier alpha value is -1.70.